The third-order valence-corrected chi connectivity index (χ3v) is 6.28. The van der Waals surface area contributed by atoms with Gasteiger partial charge in [0.05, 0.1) is 12.1 Å². The predicted octanol–water partition coefficient (Wildman–Crippen LogP) is 1.94. The van der Waals surface area contributed by atoms with Crippen molar-refractivity contribution in [1.29, 1.82) is 0 Å². The molecule has 4 rings (SSSR count). The number of hydrogen-bond acceptors (Lipinski definition) is 3. The Hall–Kier alpha value is -2.22. The fraction of sp³-hybridized carbons (Fsp3) is 0.600. The van der Waals surface area contributed by atoms with Crippen LogP contribution in [0.2, 0.25) is 0 Å². The first-order valence-electron chi connectivity index (χ1n) is 9.93. The van der Waals surface area contributed by atoms with Crippen LogP contribution >= 0.6 is 0 Å². The molecule has 3 aliphatic heterocycles. The SMILES string of the molecule is CC(=O)N1CCC2C(C1)NC(=O)N2C1CCN(Cc2ccc(F)cc2F)CC1. The molecule has 8 heteroatoms. The average molecular weight is 392 g/mol. The van der Waals surface area contributed by atoms with E-state index in [1.54, 1.807) is 11.8 Å². The topological polar surface area (TPSA) is 55.9 Å². The molecule has 3 fully saturated rings. The Kier molecular flexibility index (Phi) is 5.23. The van der Waals surface area contributed by atoms with E-state index in [-0.39, 0.29) is 30.1 Å². The first-order chi connectivity index (χ1) is 13.4. The molecule has 1 aromatic carbocycles. The van der Waals surface area contributed by atoms with Crippen LogP contribution in [0.1, 0.15) is 31.7 Å². The summed E-state index contributed by atoms with van der Waals surface area (Å²) in [6.07, 6.45) is 2.45. The number of carbonyl (C=O) groups excluding carboxylic acids is 2. The highest BCUT2D eigenvalue weighted by atomic mass is 19.1. The fourth-order valence-electron chi connectivity index (χ4n) is 4.77. The fourth-order valence-corrected chi connectivity index (χ4v) is 4.77. The molecular weight excluding hydrogens is 366 g/mol. The summed E-state index contributed by atoms with van der Waals surface area (Å²) in [4.78, 5) is 30.1. The molecule has 0 radical (unpaired) electrons. The number of nitrogens with one attached hydrogen (secondary N) is 1. The first kappa shape index (κ1) is 19.1. The largest absolute Gasteiger partial charge is 0.341 e. The minimum absolute atomic E-state index is 0.00325. The Balaban J connectivity index is 1.35. The second kappa shape index (κ2) is 7.66. The zero-order valence-corrected chi connectivity index (χ0v) is 16.0. The number of rotatable bonds is 3. The van der Waals surface area contributed by atoms with Crippen molar-refractivity contribution >= 4 is 11.9 Å². The number of likely N-dealkylation sites (tertiary alicyclic amines) is 2. The molecule has 2 atom stereocenters. The number of halogens is 2. The zero-order chi connectivity index (χ0) is 19.8. The molecule has 0 aromatic heterocycles. The average Bonchev–Trinajstić information content (AvgIpc) is 2.99. The number of hydrogen-bond donors (Lipinski definition) is 1. The Morgan fingerprint density at radius 3 is 2.61 bits per heavy atom. The van der Waals surface area contributed by atoms with Gasteiger partial charge < -0.3 is 15.1 Å². The molecule has 1 aromatic rings. The van der Waals surface area contributed by atoms with Crippen LogP contribution in [0.15, 0.2) is 18.2 Å². The van der Waals surface area contributed by atoms with E-state index in [0.29, 0.717) is 25.2 Å². The summed E-state index contributed by atoms with van der Waals surface area (Å²) in [6.45, 7) is 4.80. The second-order valence-electron chi connectivity index (χ2n) is 8.03. The molecule has 3 saturated heterocycles. The van der Waals surface area contributed by atoms with Gasteiger partial charge in [0.15, 0.2) is 0 Å². The summed E-state index contributed by atoms with van der Waals surface area (Å²) in [7, 11) is 0. The summed E-state index contributed by atoms with van der Waals surface area (Å²) in [5.74, 6) is -1.03. The standard InChI is InChI=1S/C20H26F2N4O2/c1-13(27)25-9-6-19-18(12-25)23-20(28)26(19)16-4-7-24(8-5-16)11-14-2-3-15(21)10-17(14)22/h2-3,10,16,18-19H,4-9,11-12H2,1H3,(H,23,28). The van der Waals surface area contributed by atoms with Crippen LogP contribution in [0.5, 0.6) is 0 Å². The van der Waals surface area contributed by atoms with Gasteiger partial charge in [0.25, 0.3) is 0 Å². The predicted molar refractivity (Wildman–Crippen MR) is 99.5 cm³/mol. The zero-order valence-electron chi connectivity index (χ0n) is 16.0. The molecule has 152 valence electrons. The Bertz CT molecular complexity index is 767. The van der Waals surface area contributed by atoms with Gasteiger partial charge in [-0.05, 0) is 25.3 Å². The Labute approximate surface area is 163 Å². The summed E-state index contributed by atoms with van der Waals surface area (Å²) in [5, 5.41) is 3.05. The van der Waals surface area contributed by atoms with Crippen LogP contribution in [0.3, 0.4) is 0 Å². The van der Waals surface area contributed by atoms with E-state index in [0.717, 1.165) is 38.4 Å². The second-order valence-corrected chi connectivity index (χ2v) is 8.03. The maximum atomic E-state index is 13.9. The van der Waals surface area contributed by atoms with Gasteiger partial charge in [0, 0.05) is 57.3 Å². The van der Waals surface area contributed by atoms with Gasteiger partial charge in [0.1, 0.15) is 11.6 Å². The molecule has 0 bridgehead atoms. The quantitative estimate of drug-likeness (QED) is 0.856. The summed E-state index contributed by atoms with van der Waals surface area (Å²) >= 11 is 0. The molecule has 3 heterocycles. The summed E-state index contributed by atoms with van der Waals surface area (Å²) < 4.78 is 27.0. The Morgan fingerprint density at radius 1 is 1.18 bits per heavy atom. The van der Waals surface area contributed by atoms with E-state index in [2.05, 4.69) is 10.2 Å². The van der Waals surface area contributed by atoms with Gasteiger partial charge in [-0.15, -0.1) is 0 Å². The lowest BCUT2D eigenvalue weighted by atomic mass is 9.95. The van der Waals surface area contributed by atoms with Crippen molar-refractivity contribution in [3.63, 3.8) is 0 Å². The van der Waals surface area contributed by atoms with Crippen LogP contribution in [-0.4, -0.2) is 70.9 Å². The molecule has 0 spiro atoms. The van der Waals surface area contributed by atoms with Crippen molar-refractivity contribution in [3.8, 4) is 0 Å². The molecule has 6 nitrogen and oxygen atoms in total. The number of amides is 3. The van der Waals surface area contributed by atoms with E-state index in [1.165, 1.54) is 12.1 Å². The van der Waals surface area contributed by atoms with Crippen LogP contribution in [0.25, 0.3) is 0 Å². The smallest absolute Gasteiger partial charge is 0.318 e. The lowest BCUT2D eigenvalue weighted by Crippen LogP contribution is -2.55. The molecule has 2 unspecified atom stereocenters. The van der Waals surface area contributed by atoms with Crippen LogP contribution in [0, 0.1) is 11.6 Å². The van der Waals surface area contributed by atoms with Crippen molar-refractivity contribution in [2.24, 2.45) is 0 Å². The minimum Gasteiger partial charge on any atom is -0.341 e. The van der Waals surface area contributed by atoms with Crippen molar-refractivity contribution in [3.05, 3.63) is 35.4 Å². The monoisotopic (exact) mass is 392 g/mol. The van der Waals surface area contributed by atoms with Crippen LogP contribution in [0.4, 0.5) is 13.6 Å². The van der Waals surface area contributed by atoms with Crippen LogP contribution in [-0.2, 0) is 11.3 Å². The third-order valence-electron chi connectivity index (χ3n) is 6.28. The van der Waals surface area contributed by atoms with Gasteiger partial charge in [-0.2, -0.15) is 0 Å². The normalized spacial score (nSPS) is 26.3. The van der Waals surface area contributed by atoms with Crippen molar-refractivity contribution in [2.45, 2.75) is 50.9 Å². The van der Waals surface area contributed by atoms with Gasteiger partial charge in [-0.3, -0.25) is 9.69 Å². The molecular formula is C20H26F2N4O2. The van der Waals surface area contributed by atoms with Crippen molar-refractivity contribution < 1.29 is 18.4 Å². The number of piperidine rings is 2. The molecule has 3 amide bonds. The lowest BCUT2D eigenvalue weighted by Gasteiger charge is -2.42. The Morgan fingerprint density at radius 2 is 1.93 bits per heavy atom. The maximum absolute atomic E-state index is 13.9. The van der Waals surface area contributed by atoms with E-state index in [4.69, 9.17) is 0 Å². The number of fused-ring (bicyclic) bond motifs is 1. The molecule has 0 saturated carbocycles. The van der Waals surface area contributed by atoms with E-state index < -0.39 is 11.6 Å². The van der Waals surface area contributed by atoms with E-state index in [1.807, 2.05) is 4.90 Å². The molecule has 28 heavy (non-hydrogen) atoms. The first-order valence-corrected chi connectivity index (χ1v) is 9.93. The maximum Gasteiger partial charge on any atom is 0.318 e. The van der Waals surface area contributed by atoms with Crippen LogP contribution < -0.4 is 5.32 Å². The van der Waals surface area contributed by atoms with Crippen molar-refractivity contribution in [1.82, 2.24) is 20.0 Å². The highest BCUT2D eigenvalue weighted by molar-refractivity contribution is 5.79. The van der Waals surface area contributed by atoms with E-state index in [9.17, 15) is 18.4 Å². The molecule has 1 N–H and O–H groups in total. The number of urea groups is 1. The highest BCUT2D eigenvalue weighted by Crippen LogP contribution is 2.29. The van der Waals surface area contributed by atoms with Gasteiger partial charge in [-0.25, -0.2) is 13.6 Å². The third kappa shape index (κ3) is 3.70. The highest BCUT2D eigenvalue weighted by Gasteiger charge is 2.46. The molecule has 3 aliphatic rings. The van der Waals surface area contributed by atoms with Crippen molar-refractivity contribution in [2.75, 3.05) is 26.2 Å². The lowest BCUT2D eigenvalue weighted by molar-refractivity contribution is -0.130. The van der Waals surface area contributed by atoms with Gasteiger partial charge in [-0.1, -0.05) is 6.07 Å². The number of benzene rings is 1. The molecule has 0 aliphatic carbocycles. The van der Waals surface area contributed by atoms with Gasteiger partial charge in [0.2, 0.25) is 5.91 Å². The summed E-state index contributed by atoms with van der Waals surface area (Å²) in [6, 6.07) is 3.96. The number of carbonyl (C=O) groups is 2. The summed E-state index contributed by atoms with van der Waals surface area (Å²) in [5.41, 5.74) is 0.496. The van der Waals surface area contributed by atoms with Gasteiger partial charge >= 0.3 is 6.03 Å². The number of nitrogens with zero attached hydrogens (tertiary/aromatic N) is 3. The minimum atomic E-state index is -0.564. The van der Waals surface area contributed by atoms with E-state index >= 15 is 0 Å².